The van der Waals surface area contributed by atoms with Crippen molar-refractivity contribution in [2.75, 3.05) is 13.2 Å². The molecule has 0 amide bonds. The molecule has 3 heteroatoms. The molecule has 3 rings (SSSR count). The van der Waals surface area contributed by atoms with Gasteiger partial charge in [0.2, 0.25) is 0 Å². The lowest BCUT2D eigenvalue weighted by atomic mass is 10.00. The van der Waals surface area contributed by atoms with Crippen molar-refractivity contribution in [1.29, 1.82) is 0 Å². The summed E-state index contributed by atoms with van der Waals surface area (Å²) in [5.41, 5.74) is 1.52. The standard InChI is InChI=1S/C16H23NO2/c1-16(8-2-3-9-16)17-12-13-6-4-7-14-15(13)19-11-5-10-18-14/h4,6-7,17H,2-3,5,8-12H2,1H3. The van der Waals surface area contributed by atoms with Gasteiger partial charge < -0.3 is 14.8 Å². The third-order valence-corrected chi connectivity index (χ3v) is 4.27. The Bertz CT molecular complexity index is 438. The van der Waals surface area contributed by atoms with Gasteiger partial charge in [-0.25, -0.2) is 0 Å². The fraction of sp³-hybridized carbons (Fsp3) is 0.625. The summed E-state index contributed by atoms with van der Waals surface area (Å²) in [5, 5.41) is 3.71. The van der Waals surface area contributed by atoms with Crippen LogP contribution in [0.1, 0.15) is 44.6 Å². The van der Waals surface area contributed by atoms with E-state index in [2.05, 4.69) is 24.4 Å². The normalized spacial score (nSPS) is 21.1. The van der Waals surface area contributed by atoms with Crippen LogP contribution in [-0.2, 0) is 6.54 Å². The summed E-state index contributed by atoms with van der Waals surface area (Å²) in [6.45, 7) is 4.70. The van der Waals surface area contributed by atoms with Crippen LogP contribution in [0.5, 0.6) is 11.5 Å². The Hall–Kier alpha value is -1.22. The fourth-order valence-electron chi connectivity index (χ4n) is 3.03. The number of rotatable bonds is 3. The van der Waals surface area contributed by atoms with E-state index in [1.54, 1.807) is 0 Å². The van der Waals surface area contributed by atoms with Crippen LogP contribution in [-0.4, -0.2) is 18.8 Å². The number of hydrogen-bond acceptors (Lipinski definition) is 3. The molecule has 2 aliphatic rings. The predicted molar refractivity (Wildman–Crippen MR) is 75.8 cm³/mol. The Kier molecular flexibility index (Phi) is 3.65. The largest absolute Gasteiger partial charge is 0.490 e. The Balaban J connectivity index is 1.73. The molecule has 0 unspecified atom stereocenters. The van der Waals surface area contributed by atoms with E-state index in [1.165, 1.54) is 31.2 Å². The third kappa shape index (κ3) is 2.86. The summed E-state index contributed by atoms with van der Waals surface area (Å²) in [5.74, 6) is 1.84. The first-order valence-electron chi connectivity index (χ1n) is 7.39. The first kappa shape index (κ1) is 12.8. The van der Waals surface area contributed by atoms with E-state index in [-0.39, 0.29) is 0 Å². The molecule has 19 heavy (non-hydrogen) atoms. The summed E-state index contributed by atoms with van der Waals surface area (Å²) in [6, 6.07) is 6.20. The lowest BCUT2D eigenvalue weighted by Gasteiger charge is -2.26. The molecule has 1 aliphatic heterocycles. The van der Waals surface area contributed by atoms with Crippen molar-refractivity contribution in [1.82, 2.24) is 5.32 Å². The second kappa shape index (κ2) is 5.41. The van der Waals surface area contributed by atoms with Crippen LogP contribution in [0.4, 0.5) is 0 Å². The van der Waals surface area contributed by atoms with Crippen LogP contribution >= 0.6 is 0 Å². The van der Waals surface area contributed by atoms with Crippen molar-refractivity contribution in [3.05, 3.63) is 23.8 Å². The predicted octanol–water partition coefficient (Wildman–Crippen LogP) is 3.27. The highest BCUT2D eigenvalue weighted by Gasteiger charge is 2.28. The second-order valence-corrected chi connectivity index (χ2v) is 5.92. The van der Waals surface area contributed by atoms with E-state index in [9.17, 15) is 0 Å². The van der Waals surface area contributed by atoms with Gasteiger partial charge >= 0.3 is 0 Å². The molecule has 0 spiro atoms. The van der Waals surface area contributed by atoms with Crippen molar-refractivity contribution in [2.45, 2.75) is 51.1 Å². The quantitative estimate of drug-likeness (QED) is 0.906. The number of nitrogens with one attached hydrogen (secondary N) is 1. The van der Waals surface area contributed by atoms with Crippen LogP contribution in [0.2, 0.25) is 0 Å². The van der Waals surface area contributed by atoms with Gasteiger partial charge in [0, 0.05) is 24.1 Å². The highest BCUT2D eigenvalue weighted by molar-refractivity contribution is 5.47. The Morgan fingerprint density at radius 2 is 1.89 bits per heavy atom. The number of benzene rings is 1. The van der Waals surface area contributed by atoms with Crippen LogP contribution in [0, 0.1) is 0 Å². The van der Waals surface area contributed by atoms with E-state index in [1.807, 2.05) is 6.07 Å². The van der Waals surface area contributed by atoms with E-state index in [0.717, 1.165) is 37.7 Å². The number of hydrogen-bond donors (Lipinski definition) is 1. The maximum atomic E-state index is 5.86. The smallest absolute Gasteiger partial charge is 0.165 e. The van der Waals surface area contributed by atoms with E-state index in [0.29, 0.717) is 5.54 Å². The Labute approximate surface area is 115 Å². The molecule has 1 N–H and O–H groups in total. The second-order valence-electron chi connectivity index (χ2n) is 5.92. The molecule has 1 aromatic rings. The van der Waals surface area contributed by atoms with Gasteiger partial charge in [-0.1, -0.05) is 25.0 Å². The molecule has 0 aromatic heterocycles. The average Bonchev–Trinajstić information content (AvgIpc) is 2.71. The van der Waals surface area contributed by atoms with Crippen molar-refractivity contribution < 1.29 is 9.47 Å². The minimum absolute atomic E-state index is 0.300. The van der Waals surface area contributed by atoms with Crippen molar-refractivity contribution in [2.24, 2.45) is 0 Å². The van der Waals surface area contributed by atoms with Crippen LogP contribution in [0.25, 0.3) is 0 Å². The molecule has 1 saturated carbocycles. The molecule has 1 aliphatic carbocycles. The summed E-state index contributed by atoms with van der Waals surface area (Å²) in [6.07, 6.45) is 6.20. The zero-order valence-corrected chi connectivity index (χ0v) is 11.7. The van der Waals surface area contributed by atoms with Crippen LogP contribution < -0.4 is 14.8 Å². The van der Waals surface area contributed by atoms with E-state index in [4.69, 9.17) is 9.47 Å². The highest BCUT2D eigenvalue weighted by atomic mass is 16.5. The molecule has 0 atom stereocenters. The monoisotopic (exact) mass is 261 g/mol. The van der Waals surface area contributed by atoms with Gasteiger partial charge in [-0.2, -0.15) is 0 Å². The van der Waals surface area contributed by atoms with E-state index < -0.39 is 0 Å². The Morgan fingerprint density at radius 1 is 1.11 bits per heavy atom. The molecule has 0 saturated heterocycles. The van der Waals surface area contributed by atoms with Gasteiger partial charge in [0.05, 0.1) is 13.2 Å². The average molecular weight is 261 g/mol. The number of ether oxygens (including phenoxy) is 2. The number of para-hydroxylation sites is 1. The maximum Gasteiger partial charge on any atom is 0.165 e. The zero-order chi connectivity index (χ0) is 13.1. The molecular formula is C16H23NO2. The summed E-state index contributed by atoms with van der Waals surface area (Å²) < 4.78 is 11.6. The van der Waals surface area contributed by atoms with Crippen molar-refractivity contribution >= 4 is 0 Å². The maximum absolute atomic E-state index is 5.86. The Morgan fingerprint density at radius 3 is 2.74 bits per heavy atom. The molecule has 1 heterocycles. The van der Waals surface area contributed by atoms with Gasteiger partial charge in [-0.15, -0.1) is 0 Å². The van der Waals surface area contributed by atoms with Crippen molar-refractivity contribution in [3.63, 3.8) is 0 Å². The third-order valence-electron chi connectivity index (χ3n) is 4.27. The summed E-state index contributed by atoms with van der Waals surface area (Å²) >= 11 is 0. The molecule has 0 bridgehead atoms. The highest BCUT2D eigenvalue weighted by Crippen LogP contribution is 2.34. The van der Waals surface area contributed by atoms with Crippen molar-refractivity contribution in [3.8, 4) is 11.5 Å². The molecule has 1 fully saturated rings. The van der Waals surface area contributed by atoms with Crippen LogP contribution in [0.15, 0.2) is 18.2 Å². The molecular weight excluding hydrogens is 238 g/mol. The zero-order valence-electron chi connectivity index (χ0n) is 11.7. The molecule has 1 aromatic carbocycles. The van der Waals surface area contributed by atoms with Crippen LogP contribution in [0.3, 0.4) is 0 Å². The van der Waals surface area contributed by atoms with Gasteiger partial charge in [0.1, 0.15) is 0 Å². The molecule has 3 nitrogen and oxygen atoms in total. The summed E-state index contributed by atoms with van der Waals surface area (Å²) in [7, 11) is 0. The minimum Gasteiger partial charge on any atom is -0.490 e. The van der Waals surface area contributed by atoms with Gasteiger partial charge in [0.25, 0.3) is 0 Å². The van der Waals surface area contributed by atoms with E-state index >= 15 is 0 Å². The van der Waals surface area contributed by atoms with Gasteiger partial charge in [-0.05, 0) is 25.8 Å². The lowest BCUT2D eigenvalue weighted by Crippen LogP contribution is -2.38. The van der Waals surface area contributed by atoms with Gasteiger partial charge in [0.15, 0.2) is 11.5 Å². The topological polar surface area (TPSA) is 30.5 Å². The molecule has 104 valence electrons. The minimum atomic E-state index is 0.300. The first-order chi connectivity index (χ1) is 9.27. The number of fused-ring (bicyclic) bond motifs is 1. The SMILES string of the molecule is CC1(NCc2cccc3c2OCCCO3)CCCC1. The summed E-state index contributed by atoms with van der Waals surface area (Å²) in [4.78, 5) is 0. The van der Waals surface area contributed by atoms with Gasteiger partial charge in [-0.3, -0.25) is 0 Å². The lowest BCUT2D eigenvalue weighted by molar-refractivity contribution is 0.295. The fourth-order valence-corrected chi connectivity index (χ4v) is 3.03. The first-order valence-corrected chi connectivity index (χ1v) is 7.39. The molecule has 0 radical (unpaired) electrons.